The van der Waals surface area contributed by atoms with Crippen LogP contribution in [-0.2, 0) is 0 Å². The van der Waals surface area contributed by atoms with Crippen LogP contribution in [0.3, 0.4) is 0 Å². The van der Waals surface area contributed by atoms with Crippen LogP contribution in [0.2, 0.25) is 0 Å². The SMILES string of the molecule is CC1(CNC(=O)c2nc(C(=O)O)cs2)CC1. The summed E-state index contributed by atoms with van der Waals surface area (Å²) in [6.45, 7) is 2.74. The van der Waals surface area contributed by atoms with Gasteiger partial charge in [0.1, 0.15) is 0 Å². The molecule has 0 spiro atoms. The summed E-state index contributed by atoms with van der Waals surface area (Å²) in [6.07, 6.45) is 2.26. The lowest BCUT2D eigenvalue weighted by molar-refractivity contribution is 0.0691. The van der Waals surface area contributed by atoms with Crippen molar-refractivity contribution in [3.63, 3.8) is 0 Å². The van der Waals surface area contributed by atoms with Crippen LogP contribution in [0.15, 0.2) is 5.38 Å². The van der Waals surface area contributed by atoms with Crippen LogP contribution in [0.5, 0.6) is 0 Å². The van der Waals surface area contributed by atoms with Gasteiger partial charge in [-0.25, -0.2) is 9.78 Å². The summed E-state index contributed by atoms with van der Waals surface area (Å²) >= 11 is 1.05. The second kappa shape index (κ2) is 3.86. The fourth-order valence-corrected chi connectivity index (χ4v) is 1.94. The van der Waals surface area contributed by atoms with Crippen molar-refractivity contribution in [1.29, 1.82) is 0 Å². The number of aromatic nitrogens is 1. The number of carboxylic acid groups (broad SMARTS) is 1. The lowest BCUT2D eigenvalue weighted by atomic mass is 10.1. The molecule has 1 amide bonds. The Balaban J connectivity index is 1.95. The number of thiazole rings is 1. The van der Waals surface area contributed by atoms with Crippen LogP contribution in [0.25, 0.3) is 0 Å². The number of nitrogens with one attached hydrogen (secondary N) is 1. The molecular weight excluding hydrogens is 228 g/mol. The molecule has 1 heterocycles. The summed E-state index contributed by atoms with van der Waals surface area (Å²) in [5, 5.41) is 13.0. The first-order valence-electron chi connectivity index (χ1n) is 4.97. The first-order chi connectivity index (χ1) is 7.50. The predicted octanol–water partition coefficient (Wildman–Crippen LogP) is 1.37. The van der Waals surface area contributed by atoms with Gasteiger partial charge in [0.05, 0.1) is 0 Å². The third-order valence-corrected chi connectivity index (χ3v) is 3.54. The summed E-state index contributed by atoms with van der Waals surface area (Å²) in [4.78, 5) is 25.9. The molecule has 1 aromatic rings. The monoisotopic (exact) mass is 240 g/mol. The van der Waals surface area contributed by atoms with Gasteiger partial charge in [-0.05, 0) is 18.3 Å². The Labute approximate surface area is 96.5 Å². The number of rotatable bonds is 4. The van der Waals surface area contributed by atoms with Crippen molar-refractivity contribution in [2.45, 2.75) is 19.8 Å². The number of hydrogen-bond acceptors (Lipinski definition) is 4. The smallest absolute Gasteiger partial charge is 0.355 e. The van der Waals surface area contributed by atoms with Gasteiger partial charge in [0.15, 0.2) is 10.7 Å². The second-order valence-electron chi connectivity index (χ2n) is 4.34. The number of aromatic carboxylic acids is 1. The van der Waals surface area contributed by atoms with E-state index in [0.29, 0.717) is 6.54 Å². The van der Waals surface area contributed by atoms with E-state index in [2.05, 4.69) is 17.2 Å². The molecule has 1 aliphatic rings. The number of nitrogens with zero attached hydrogens (tertiary/aromatic N) is 1. The summed E-state index contributed by atoms with van der Waals surface area (Å²) in [6, 6.07) is 0. The minimum Gasteiger partial charge on any atom is -0.476 e. The molecule has 5 nitrogen and oxygen atoms in total. The second-order valence-corrected chi connectivity index (χ2v) is 5.19. The van der Waals surface area contributed by atoms with E-state index in [-0.39, 0.29) is 22.0 Å². The third kappa shape index (κ3) is 2.38. The lowest BCUT2D eigenvalue weighted by Crippen LogP contribution is -2.28. The highest BCUT2D eigenvalue weighted by molar-refractivity contribution is 7.11. The maximum Gasteiger partial charge on any atom is 0.355 e. The van der Waals surface area contributed by atoms with Gasteiger partial charge in [0, 0.05) is 11.9 Å². The van der Waals surface area contributed by atoms with Gasteiger partial charge >= 0.3 is 5.97 Å². The highest BCUT2D eigenvalue weighted by atomic mass is 32.1. The maximum atomic E-state index is 11.6. The first kappa shape index (κ1) is 11.1. The molecule has 0 aliphatic heterocycles. The average Bonchev–Trinajstić information content (AvgIpc) is 2.81. The van der Waals surface area contributed by atoms with E-state index in [1.807, 2.05) is 0 Å². The van der Waals surface area contributed by atoms with E-state index in [1.54, 1.807) is 0 Å². The molecule has 1 aliphatic carbocycles. The Bertz CT molecular complexity index is 437. The molecule has 6 heteroatoms. The minimum absolute atomic E-state index is 0.0761. The largest absolute Gasteiger partial charge is 0.476 e. The van der Waals surface area contributed by atoms with E-state index in [9.17, 15) is 9.59 Å². The Morgan fingerprint density at radius 1 is 1.62 bits per heavy atom. The first-order valence-corrected chi connectivity index (χ1v) is 5.85. The zero-order chi connectivity index (χ0) is 11.8. The molecule has 1 aromatic heterocycles. The van der Waals surface area contributed by atoms with Crippen molar-refractivity contribution >= 4 is 23.2 Å². The zero-order valence-corrected chi connectivity index (χ0v) is 9.63. The van der Waals surface area contributed by atoms with Crippen molar-refractivity contribution in [3.8, 4) is 0 Å². The van der Waals surface area contributed by atoms with Gasteiger partial charge < -0.3 is 10.4 Å². The van der Waals surface area contributed by atoms with Crippen molar-refractivity contribution in [2.75, 3.05) is 6.54 Å². The normalized spacial score (nSPS) is 16.8. The number of carboxylic acids is 1. The Hall–Kier alpha value is -1.43. The molecule has 1 saturated carbocycles. The quantitative estimate of drug-likeness (QED) is 0.833. The van der Waals surface area contributed by atoms with E-state index in [4.69, 9.17) is 5.11 Å². The number of carbonyl (C=O) groups excluding carboxylic acids is 1. The van der Waals surface area contributed by atoms with E-state index in [1.165, 1.54) is 5.38 Å². The molecule has 86 valence electrons. The zero-order valence-electron chi connectivity index (χ0n) is 8.82. The van der Waals surface area contributed by atoms with Crippen molar-refractivity contribution in [2.24, 2.45) is 5.41 Å². The van der Waals surface area contributed by atoms with Gasteiger partial charge in [-0.1, -0.05) is 6.92 Å². The van der Waals surface area contributed by atoms with Crippen LogP contribution in [-0.4, -0.2) is 28.5 Å². The van der Waals surface area contributed by atoms with Crippen LogP contribution in [0.4, 0.5) is 0 Å². The fourth-order valence-electron chi connectivity index (χ4n) is 1.24. The Kier molecular flexibility index (Phi) is 2.67. The predicted molar refractivity (Wildman–Crippen MR) is 58.7 cm³/mol. The Morgan fingerprint density at radius 2 is 2.31 bits per heavy atom. The van der Waals surface area contributed by atoms with Gasteiger partial charge in [-0.3, -0.25) is 4.79 Å². The molecule has 2 rings (SSSR count). The summed E-state index contributed by atoms with van der Waals surface area (Å²) < 4.78 is 0. The lowest BCUT2D eigenvalue weighted by Gasteiger charge is -2.07. The molecule has 2 N–H and O–H groups in total. The highest BCUT2D eigenvalue weighted by Gasteiger charge is 2.37. The fraction of sp³-hybridized carbons (Fsp3) is 0.500. The maximum absolute atomic E-state index is 11.6. The molecule has 0 atom stereocenters. The minimum atomic E-state index is -1.11. The molecule has 0 bridgehead atoms. The molecule has 0 unspecified atom stereocenters. The topological polar surface area (TPSA) is 79.3 Å². The van der Waals surface area contributed by atoms with Gasteiger partial charge in [-0.2, -0.15) is 0 Å². The third-order valence-electron chi connectivity index (χ3n) is 2.70. The van der Waals surface area contributed by atoms with Crippen molar-refractivity contribution in [1.82, 2.24) is 10.3 Å². The van der Waals surface area contributed by atoms with Gasteiger partial charge in [0.2, 0.25) is 0 Å². The molecule has 0 saturated heterocycles. The molecular formula is C10H12N2O3S. The summed E-state index contributed by atoms with van der Waals surface area (Å²) in [7, 11) is 0. The number of amides is 1. The molecule has 1 fully saturated rings. The number of carbonyl (C=O) groups is 2. The van der Waals surface area contributed by atoms with Crippen LogP contribution < -0.4 is 5.32 Å². The Morgan fingerprint density at radius 3 is 2.81 bits per heavy atom. The van der Waals surface area contributed by atoms with E-state index >= 15 is 0 Å². The molecule has 0 aromatic carbocycles. The van der Waals surface area contributed by atoms with Gasteiger partial charge in [-0.15, -0.1) is 11.3 Å². The summed E-state index contributed by atoms with van der Waals surface area (Å²) in [5.74, 6) is -1.39. The molecule has 16 heavy (non-hydrogen) atoms. The van der Waals surface area contributed by atoms with Crippen LogP contribution in [0.1, 0.15) is 40.1 Å². The van der Waals surface area contributed by atoms with Crippen molar-refractivity contribution < 1.29 is 14.7 Å². The van der Waals surface area contributed by atoms with E-state index < -0.39 is 5.97 Å². The van der Waals surface area contributed by atoms with Crippen LogP contribution >= 0.6 is 11.3 Å². The van der Waals surface area contributed by atoms with Crippen molar-refractivity contribution in [3.05, 3.63) is 16.1 Å². The number of hydrogen-bond donors (Lipinski definition) is 2. The van der Waals surface area contributed by atoms with Gasteiger partial charge in [0.25, 0.3) is 5.91 Å². The standard InChI is InChI=1S/C10H12N2O3S/c1-10(2-3-10)5-11-7(13)8-12-6(4-16-8)9(14)15/h4H,2-3,5H2,1H3,(H,11,13)(H,14,15). The average molecular weight is 240 g/mol. The highest BCUT2D eigenvalue weighted by Crippen LogP contribution is 2.44. The molecule has 0 radical (unpaired) electrons. The van der Waals surface area contributed by atoms with Crippen LogP contribution in [0, 0.1) is 5.41 Å². The summed E-state index contributed by atoms with van der Waals surface area (Å²) in [5.41, 5.74) is 0.163. The van der Waals surface area contributed by atoms with E-state index in [0.717, 1.165) is 24.2 Å².